The molecular weight excluding hydrogens is 322 g/mol. The Morgan fingerprint density at radius 1 is 1.36 bits per heavy atom. The molecule has 0 unspecified atom stereocenters. The first-order valence-electron chi connectivity index (χ1n) is 8.29. The molecule has 3 heterocycles. The van der Waals surface area contributed by atoms with E-state index >= 15 is 0 Å². The number of H-pyrrole nitrogens is 1. The number of fused-ring (bicyclic) bond motifs is 1. The topological polar surface area (TPSA) is 97.1 Å². The average Bonchev–Trinajstić information content (AvgIpc) is 3.30. The molecule has 0 spiro atoms. The highest BCUT2D eigenvalue weighted by Crippen LogP contribution is 2.25. The van der Waals surface area contributed by atoms with Crippen molar-refractivity contribution in [3.8, 4) is 0 Å². The molecular formula is C17H19N5O3. The SMILES string of the molecule is CC(C)c1nnc([C@@H]2CN(C(=O)c3cccc4cn[nH]c34)CCO2)o1. The lowest BCUT2D eigenvalue weighted by Crippen LogP contribution is -2.42. The van der Waals surface area contributed by atoms with Gasteiger partial charge in [0.2, 0.25) is 11.8 Å². The van der Waals surface area contributed by atoms with Gasteiger partial charge >= 0.3 is 0 Å². The van der Waals surface area contributed by atoms with E-state index in [0.29, 0.717) is 37.0 Å². The summed E-state index contributed by atoms with van der Waals surface area (Å²) < 4.78 is 11.4. The van der Waals surface area contributed by atoms with Crippen LogP contribution >= 0.6 is 0 Å². The van der Waals surface area contributed by atoms with E-state index in [9.17, 15) is 4.79 Å². The monoisotopic (exact) mass is 341 g/mol. The highest BCUT2D eigenvalue weighted by molar-refractivity contribution is 6.05. The van der Waals surface area contributed by atoms with Crippen LogP contribution in [0.2, 0.25) is 0 Å². The van der Waals surface area contributed by atoms with E-state index in [1.54, 1.807) is 17.2 Å². The van der Waals surface area contributed by atoms with Crippen molar-refractivity contribution in [2.75, 3.05) is 19.7 Å². The minimum absolute atomic E-state index is 0.0632. The van der Waals surface area contributed by atoms with Crippen molar-refractivity contribution in [1.29, 1.82) is 0 Å². The summed E-state index contributed by atoms with van der Waals surface area (Å²) in [5.41, 5.74) is 1.35. The van der Waals surface area contributed by atoms with Crippen LogP contribution in [0.25, 0.3) is 10.9 Å². The summed E-state index contributed by atoms with van der Waals surface area (Å²) >= 11 is 0. The number of aromatic amines is 1. The zero-order chi connectivity index (χ0) is 17.4. The molecule has 0 saturated carbocycles. The number of nitrogens with one attached hydrogen (secondary N) is 1. The second kappa shape index (κ2) is 6.29. The van der Waals surface area contributed by atoms with Gasteiger partial charge in [0.05, 0.1) is 30.4 Å². The van der Waals surface area contributed by atoms with Crippen LogP contribution in [0.3, 0.4) is 0 Å². The molecule has 1 fully saturated rings. The Morgan fingerprint density at radius 3 is 3.04 bits per heavy atom. The number of hydrogen-bond donors (Lipinski definition) is 1. The van der Waals surface area contributed by atoms with Gasteiger partial charge in [-0.3, -0.25) is 9.89 Å². The normalized spacial score (nSPS) is 18.2. The standard InChI is InChI=1S/C17H19N5O3/c1-10(2)15-20-21-16(25-15)13-9-22(6-7-24-13)17(23)12-5-3-4-11-8-18-19-14(11)12/h3-5,8,10,13H,6-7,9H2,1-2H3,(H,18,19)/t13-/m0/s1. The maximum absolute atomic E-state index is 13.0. The molecule has 4 rings (SSSR count). The van der Waals surface area contributed by atoms with E-state index in [0.717, 1.165) is 10.9 Å². The lowest BCUT2D eigenvalue weighted by molar-refractivity contribution is -0.0350. The maximum atomic E-state index is 13.0. The molecule has 1 aliphatic rings. The summed E-state index contributed by atoms with van der Waals surface area (Å²) in [4.78, 5) is 14.7. The molecule has 1 atom stereocenters. The van der Waals surface area contributed by atoms with Crippen molar-refractivity contribution in [3.63, 3.8) is 0 Å². The van der Waals surface area contributed by atoms with Crippen molar-refractivity contribution < 1.29 is 13.9 Å². The minimum atomic E-state index is -0.404. The van der Waals surface area contributed by atoms with E-state index in [1.807, 2.05) is 26.0 Å². The Kier molecular flexibility index (Phi) is 3.96. The molecule has 0 aliphatic carbocycles. The summed E-state index contributed by atoms with van der Waals surface area (Å²) in [7, 11) is 0. The fraction of sp³-hybridized carbons (Fsp3) is 0.412. The summed E-state index contributed by atoms with van der Waals surface area (Å²) in [6.07, 6.45) is 1.30. The van der Waals surface area contributed by atoms with Crippen molar-refractivity contribution in [3.05, 3.63) is 41.7 Å². The Hall–Kier alpha value is -2.74. The third kappa shape index (κ3) is 2.89. The first-order valence-corrected chi connectivity index (χ1v) is 8.29. The molecule has 25 heavy (non-hydrogen) atoms. The predicted molar refractivity (Wildman–Crippen MR) is 89.1 cm³/mol. The number of aromatic nitrogens is 4. The molecule has 1 N–H and O–H groups in total. The van der Waals surface area contributed by atoms with Gasteiger partial charge in [0.1, 0.15) is 0 Å². The van der Waals surface area contributed by atoms with Crippen LogP contribution < -0.4 is 0 Å². The van der Waals surface area contributed by atoms with Crippen LogP contribution in [0.15, 0.2) is 28.8 Å². The summed E-state index contributed by atoms with van der Waals surface area (Å²) in [6.45, 7) is 5.29. The summed E-state index contributed by atoms with van der Waals surface area (Å²) in [5, 5.41) is 15.9. The van der Waals surface area contributed by atoms with Gasteiger partial charge in [-0.05, 0) is 6.07 Å². The number of ether oxygens (including phenoxy) is 1. The van der Waals surface area contributed by atoms with Gasteiger partial charge in [0.15, 0.2) is 6.10 Å². The molecule has 0 bridgehead atoms. The van der Waals surface area contributed by atoms with Crippen molar-refractivity contribution >= 4 is 16.8 Å². The summed E-state index contributed by atoms with van der Waals surface area (Å²) in [6, 6.07) is 5.58. The number of amides is 1. The molecule has 2 aromatic heterocycles. The Balaban J connectivity index is 1.56. The van der Waals surface area contributed by atoms with E-state index in [2.05, 4.69) is 20.4 Å². The van der Waals surface area contributed by atoms with Crippen LogP contribution in [0.5, 0.6) is 0 Å². The molecule has 1 aliphatic heterocycles. The average molecular weight is 341 g/mol. The number of rotatable bonds is 3. The molecule has 0 radical (unpaired) electrons. The third-order valence-corrected chi connectivity index (χ3v) is 4.29. The molecule has 3 aromatic rings. The molecule has 1 amide bonds. The van der Waals surface area contributed by atoms with Crippen molar-refractivity contribution in [2.45, 2.75) is 25.9 Å². The van der Waals surface area contributed by atoms with Crippen molar-refractivity contribution in [2.24, 2.45) is 0 Å². The Bertz CT molecular complexity index is 900. The maximum Gasteiger partial charge on any atom is 0.256 e. The lowest BCUT2D eigenvalue weighted by atomic mass is 10.1. The fourth-order valence-corrected chi connectivity index (χ4v) is 2.91. The third-order valence-electron chi connectivity index (χ3n) is 4.29. The first-order chi connectivity index (χ1) is 12.1. The minimum Gasteiger partial charge on any atom is -0.422 e. The van der Waals surface area contributed by atoms with Crippen LogP contribution in [-0.4, -0.2) is 50.9 Å². The number of hydrogen-bond acceptors (Lipinski definition) is 6. The van der Waals surface area contributed by atoms with Gasteiger partial charge in [-0.25, -0.2) is 0 Å². The van der Waals surface area contributed by atoms with Crippen LogP contribution in [0.1, 0.15) is 48.0 Å². The van der Waals surface area contributed by atoms with Crippen LogP contribution in [0, 0.1) is 0 Å². The van der Waals surface area contributed by atoms with E-state index in [-0.39, 0.29) is 11.8 Å². The highest BCUT2D eigenvalue weighted by atomic mass is 16.5. The second-order valence-electron chi connectivity index (χ2n) is 6.38. The molecule has 1 aromatic carbocycles. The second-order valence-corrected chi connectivity index (χ2v) is 6.38. The Labute approximate surface area is 144 Å². The number of morpholine rings is 1. The van der Waals surface area contributed by atoms with E-state index < -0.39 is 6.10 Å². The number of carbonyl (C=O) groups is 1. The molecule has 8 heteroatoms. The van der Waals surface area contributed by atoms with Gasteiger partial charge in [-0.2, -0.15) is 5.10 Å². The number of para-hydroxylation sites is 1. The van der Waals surface area contributed by atoms with Crippen molar-refractivity contribution in [1.82, 2.24) is 25.3 Å². The number of benzene rings is 1. The Morgan fingerprint density at radius 2 is 2.24 bits per heavy atom. The van der Waals surface area contributed by atoms with E-state index in [1.165, 1.54) is 0 Å². The van der Waals surface area contributed by atoms with Gasteiger partial charge in [-0.1, -0.05) is 26.0 Å². The van der Waals surface area contributed by atoms with E-state index in [4.69, 9.17) is 9.15 Å². The number of carbonyl (C=O) groups excluding carboxylic acids is 1. The first kappa shape index (κ1) is 15.8. The van der Waals surface area contributed by atoms with Crippen LogP contribution in [0.4, 0.5) is 0 Å². The molecule has 8 nitrogen and oxygen atoms in total. The summed E-state index contributed by atoms with van der Waals surface area (Å²) in [5.74, 6) is 1.08. The molecule has 1 saturated heterocycles. The van der Waals surface area contributed by atoms with Crippen LogP contribution in [-0.2, 0) is 4.74 Å². The van der Waals surface area contributed by atoms with Gasteiger partial charge in [-0.15, -0.1) is 10.2 Å². The van der Waals surface area contributed by atoms with Gasteiger partial charge < -0.3 is 14.1 Å². The molecule has 130 valence electrons. The number of nitrogens with zero attached hydrogens (tertiary/aromatic N) is 4. The van der Waals surface area contributed by atoms with Gasteiger partial charge in [0.25, 0.3) is 5.91 Å². The fourth-order valence-electron chi connectivity index (χ4n) is 2.91. The predicted octanol–water partition coefficient (Wildman–Crippen LogP) is 2.28. The van der Waals surface area contributed by atoms with Gasteiger partial charge in [0, 0.05) is 17.8 Å². The zero-order valence-corrected chi connectivity index (χ0v) is 14.1. The lowest BCUT2D eigenvalue weighted by Gasteiger charge is -2.31. The highest BCUT2D eigenvalue weighted by Gasteiger charge is 2.30. The smallest absolute Gasteiger partial charge is 0.256 e. The largest absolute Gasteiger partial charge is 0.422 e. The zero-order valence-electron chi connectivity index (χ0n) is 14.1. The quantitative estimate of drug-likeness (QED) is 0.785.